The van der Waals surface area contributed by atoms with Crippen LogP contribution in [-0.4, -0.2) is 38.6 Å². The van der Waals surface area contributed by atoms with E-state index in [2.05, 4.69) is 42.4 Å². The van der Waals surface area contributed by atoms with Crippen molar-refractivity contribution in [2.75, 3.05) is 21.3 Å². The average molecular weight is 488 g/mol. The number of hydrogen-bond donors (Lipinski definition) is 2. The summed E-state index contributed by atoms with van der Waals surface area (Å²) in [4.78, 5) is 12.3. The minimum absolute atomic E-state index is 0.0867. The van der Waals surface area contributed by atoms with Crippen LogP contribution in [0.2, 0.25) is 0 Å². The number of rotatable bonds is 6. The van der Waals surface area contributed by atoms with Crippen LogP contribution in [0.1, 0.15) is 15.9 Å². The van der Waals surface area contributed by atoms with Gasteiger partial charge in [-0.05, 0) is 61.7 Å². The van der Waals surface area contributed by atoms with E-state index in [4.69, 9.17) is 14.2 Å². The van der Waals surface area contributed by atoms with Gasteiger partial charge in [-0.1, -0.05) is 0 Å². The Morgan fingerprint density at radius 2 is 1.58 bits per heavy atom. The summed E-state index contributed by atoms with van der Waals surface area (Å²) in [5.41, 5.74) is 3.40. The van der Waals surface area contributed by atoms with Gasteiger partial charge in [-0.25, -0.2) is 5.43 Å². The fraction of sp³-hybridized carbons (Fsp3) is 0.176. The average Bonchev–Trinajstić information content (AvgIpc) is 2.64. The Balaban J connectivity index is 2.20. The molecule has 2 aromatic carbocycles. The number of amides is 1. The Labute approximate surface area is 167 Å². The van der Waals surface area contributed by atoms with Crippen molar-refractivity contribution in [1.82, 2.24) is 5.43 Å². The third-order valence-electron chi connectivity index (χ3n) is 3.35. The standard InChI is InChI=1S/C17H16Br2N2O5/c1-24-13-6-10(7-14(25-2)16(13)26-3)17(23)21-20-8-9-4-11(18)15(22)12(19)5-9/h4-8,22H,1-3H3,(H,21,23). The Morgan fingerprint density at radius 1 is 1.04 bits per heavy atom. The van der Waals surface area contributed by atoms with E-state index in [1.165, 1.54) is 39.7 Å². The maximum Gasteiger partial charge on any atom is 0.271 e. The number of halogens is 2. The number of methoxy groups -OCH3 is 3. The van der Waals surface area contributed by atoms with Gasteiger partial charge in [-0.3, -0.25) is 4.79 Å². The molecule has 7 nitrogen and oxygen atoms in total. The molecule has 0 spiro atoms. The predicted molar refractivity (Wildman–Crippen MR) is 105 cm³/mol. The van der Waals surface area contributed by atoms with Gasteiger partial charge in [0.25, 0.3) is 5.91 Å². The molecular formula is C17H16Br2N2O5. The largest absolute Gasteiger partial charge is 0.506 e. The molecule has 0 aliphatic heterocycles. The summed E-state index contributed by atoms with van der Waals surface area (Å²) in [5.74, 6) is 0.773. The minimum Gasteiger partial charge on any atom is -0.506 e. The molecule has 0 heterocycles. The lowest BCUT2D eigenvalue weighted by molar-refractivity contribution is 0.0954. The molecule has 26 heavy (non-hydrogen) atoms. The molecule has 2 aromatic rings. The van der Waals surface area contributed by atoms with E-state index in [0.29, 0.717) is 37.3 Å². The SMILES string of the molecule is COc1cc(C(=O)NN=Cc2cc(Br)c(O)c(Br)c2)cc(OC)c1OC. The predicted octanol–water partition coefficient (Wildman–Crippen LogP) is 3.71. The number of benzene rings is 2. The molecule has 2 rings (SSSR count). The van der Waals surface area contributed by atoms with Gasteiger partial charge in [-0.15, -0.1) is 0 Å². The third kappa shape index (κ3) is 4.47. The molecule has 1 amide bonds. The third-order valence-corrected chi connectivity index (χ3v) is 4.55. The van der Waals surface area contributed by atoms with Gasteiger partial charge in [0.1, 0.15) is 5.75 Å². The van der Waals surface area contributed by atoms with Crippen molar-refractivity contribution in [1.29, 1.82) is 0 Å². The molecule has 138 valence electrons. The molecule has 0 aliphatic rings. The fourth-order valence-corrected chi connectivity index (χ4v) is 3.32. The quantitative estimate of drug-likeness (QED) is 0.479. The Bertz CT molecular complexity index is 807. The van der Waals surface area contributed by atoms with Gasteiger partial charge in [0.05, 0.1) is 36.5 Å². The normalized spacial score (nSPS) is 10.7. The van der Waals surface area contributed by atoms with Gasteiger partial charge >= 0.3 is 0 Å². The molecule has 0 fully saturated rings. The van der Waals surface area contributed by atoms with Crippen molar-refractivity contribution in [2.45, 2.75) is 0 Å². The second-order valence-electron chi connectivity index (χ2n) is 4.95. The lowest BCUT2D eigenvalue weighted by Gasteiger charge is -2.13. The number of nitrogens with zero attached hydrogens (tertiary/aromatic N) is 1. The maximum atomic E-state index is 12.3. The van der Waals surface area contributed by atoms with Crippen LogP contribution in [0.3, 0.4) is 0 Å². The number of hydrogen-bond acceptors (Lipinski definition) is 6. The first-order chi connectivity index (χ1) is 12.4. The van der Waals surface area contributed by atoms with E-state index in [-0.39, 0.29) is 5.75 Å². The van der Waals surface area contributed by atoms with Gasteiger partial charge in [0.2, 0.25) is 5.75 Å². The van der Waals surface area contributed by atoms with Crippen molar-refractivity contribution >= 4 is 44.0 Å². The van der Waals surface area contributed by atoms with E-state index < -0.39 is 5.91 Å². The molecule has 0 unspecified atom stereocenters. The van der Waals surface area contributed by atoms with Crippen molar-refractivity contribution in [3.8, 4) is 23.0 Å². The number of phenols is 1. The highest BCUT2D eigenvalue weighted by Gasteiger charge is 2.16. The van der Waals surface area contributed by atoms with E-state index in [9.17, 15) is 9.90 Å². The van der Waals surface area contributed by atoms with E-state index in [1.807, 2.05) is 0 Å². The summed E-state index contributed by atoms with van der Waals surface area (Å²) in [6, 6.07) is 6.38. The number of nitrogens with one attached hydrogen (secondary N) is 1. The van der Waals surface area contributed by atoms with Gasteiger partial charge in [0, 0.05) is 5.56 Å². The number of hydrazone groups is 1. The fourth-order valence-electron chi connectivity index (χ4n) is 2.10. The number of aromatic hydroxyl groups is 1. The molecule has 0 saturated carbocycles. The molecular weight excluding hydrogens is 472 g/mol. The summed E-state index contributed by atoms with van der Waals surface area (Å²) in [7, 11) is 4.42. The zero-order chi connectivity index (χ0) is 19.3. The van der Waals surface area contributed by atoms with E-state index in [0.717, 1.165) is 0 Å². The first kappa shape index (κ1) is 20.1. The molecule has 0 radical (unpaired) electrons. The van der Waals surface area contributed by atoms with E-state index in [1.54, 1.807) is 12.1 Å². The van der Waals surface area contributed by atoms with Crippen molar-refractivity contribution in [2.24, 2.45) is 5.10 Å². The van der Waals surface area contributed by atoms with Crippen LogP contribution in [0.15, 0.2) is 38.3 Å². The second kappa shape index (κ2) is 8.91. The topological polar surface area (TPSA) is 89.4 Å². The van der Waals surface area contributed by atoms with Crippen LogP contribution in [0.4, 0.5) is 0 Å². The summed E-state index contributed by atoms with van der Waals surface area (Å²) in [6.07, 6.45) is 1.45. The highest BCUT2D eigenvalue weighted by Crippen LogP contribution is 2.38. The van der Waals surface area contributed by atoms with Crippen LogP contribution >= 0.6 is 31.9 Å². The Morgan fingerprint density at radius 3 is 2.04 bits per heavy atom. The van der Waals surface area contributed by atoms with Crippen LogP contribution < -0.4 is 19.6 Å². The van der Waals surface area contributed by atoms with Crippen molar-refractivity contribution in [3.63, 3.8) is 0 Å². The highest BCUT2D eigenvalue weighted by atomic mass is 79.9. The number of ether oxygens (including phenoxy) is 3. The Kier molecular flexibility index (Phi) is 6.87. The monoisotopic (exact) mass is 486 g/mol. The van der Waals surface area contributed by atoms with Crippen LogP contribution in [0, 0.1) is 0 Å². The molecule has 0 bridgehead atoms. The molecule has 0 atom stereocenters. The van der Waals surface area contributed by atoms with Crippen LogP contribution in [-0.2, 0) is 0 Å². The summed E-state index contributed by atoms with van der Waals surface area (Å²) in [5, 5.41) is 13.6. The van der Waals surface area contributed by atoms with E-state index >= 15 is 0 Å². The molecule has 0 aromatic heterocycles. The Hall–Kier alpha value is -2.26. The first-order valence-electron chi connectivity index (χ1n) is 7.22. The lowest BCUT2D eigenvalue weighted by Crippen LogP contribution is -2.18. The van der Waals surface area contributed by atoms with Crippen molar-refractivity contribution in [3.05, 3.63) is 44.3 Å². The molecule has 0 aliphatic carbocycles. The zero-order valence-electron chi connectivity index (χ0n) is 14.2. The van der Waals surface area contributed by atoms with Gasteiger partial charge in [-0.2, -0.15) is 5.10 Å². The maximum absolute atomic E-state index is 12.3. The molecule has 9 heteroatoms. The van der Waals surface area contributed by atoms with Crippen molar-refractivity contribution < 1.29 is 24.1 Å². The molecule has 2 N–H and O–H groups in total. The smallest absolute Gasteiger partial charge is 0.271 e. The van der Waals surface area contributed by atoms with Crippen LogP contribution in [0.5, 0.6) is 23.0 Å². The second-order valence-corrected chi connectivity index (χ2v) is 6.65. The number of carbonyl (C=O) groups excluding carboxylic acids is 1. The summed E-state index contributed by atoms with van der Waals surface area (Å²) in [6.45, 7) is 0. The minimum atomic E-state index is -0.447. The number of carbonyl (C=O) groups is 1. The summed E-state index contributed by atoms with van der Waals surface area (Å²) < 4.78 is 16.7. The van der Waals surface area contributed by atoms with Gasteiger partial charge in [0.15, 0.2) is 11.5 Å². The first-order valence-corrected chi connectivity index (χ1v) is 8.81. The number of phenolic OH excluding ortho intramolecular Hbond substituents is 1. The van der Waals surface area contributed by atoms with Crippen LogP contribution in [0.25, 0.3) is 0 Å². The van der Waals surface area contributed by atoms with Gasteiger partial charge < -0.3 is 19.3 Å². The highest BCUT2D eigenvalue weighted by molar-refractivity contribution is 9.11. The lowest BCUT2D eigenvalue weighted by atomic mass is 10.1. The zero-order valence-corrected chi connectivity index (χ0v) is 17.3. The molecule has 0 saturated heterocycles. The summed E-state index contributed by atoms with van der Waals surface area (Å²) >= 11 is 6.46.